The Kier molecular flexibility index (Phi) is 6.23. The second kappa shape index (κ2) is 8.93. The van der Waals surface area contributed by atoms with Crippen LogP contribution in [0.2, 0.25) is 4.34 Å². The van der Waals surface area contributed by atoms with Crippen LogP contribution in [0, 0.1) is 0 Å². The lowest BCUT2D eigenvalue weighted by molar-refractivity contribution is 0.0472. The Bertz CT molecular complexity index is 1300. The van der Waals surface area contributed by atoms with E-state index in [-0.39, 0.29) is 16.2 Å². The predicted octanol–water partition coefficient (Wildman–Crippen LogP) is 4.20. The molecule has 0 spiro atoms. The number of hydrogen-bond donors (Lipinski definition) is 0. The summed E-state index contributed by atoms with van der Waals surface area (Å²) in [4.78, 5) is 25.2. The fraction of sp³-hybridized carbons (Fsp3) is 0.182. The van der Waals surface area contributed by atoms with E-state index in [1.807, 2.05) is 12.1 Å². The van der Waals surface area contributed by atoms with Crippen molar-refractivity contribution in [3.05, 3.63) is 74.9 Å². The minimum atomic E-state index is -3.91. The van der Waals surface area contributed by atoms with Gasteiger partial charge in [0.25, 0.3) is 10.0 Å². The zero-order valence-corrected chi connectivity index (χ0v) is 19.3. The molecule has 4 rings (SSSR count). The third-order valence-corrected chi connectivity index (χ3v) is 8.09. The van der Waals surface area contributed by atoms with E-state index < -0.39 is 28.4 Å². The van der Waals surface area contributed by atoms with Crippen LogP contribution in [0.1, 0.15) is 25.6 Å². The Morgan fingerprint density at radius 2 is 1.91 bits per heavy atom. The molecule has 0 bridgehead atoms. The van der Waals surface area contributed by atoms with Gasteiger partial charge in [-0.3, -0.25) is 9.10 Å². The summed E-state index contributed by atoms with van der Waals surface area (Å²) in [5.74, 6) is -1.13. The first-order valence-electron chi connectivity index (χ1n) is 9.55. The van der Waals surface area contributed by atoms with Gasteiger partial charge in [-0.15, -0.1) is 11.3 Å². The van der Waals surface area contributed by atoms with Crippen LogP contribution >= 0.6 is 22.9 Å². The first-order chi connectivity index (χ1) is 15.3. The average Bonchev–Trinajstić information content (AvgIpc) is 3.43. The maximum atomic E-state index is 13.3. The summed E-state index contributed by atoms with van der Waals surface area (Å²) in [5, 5.41) is 0. The van der Waals surface area contributed by atoms with Gasteiger partial charge < -0.3 is 9.47 Å². The summed E-state index contributed by atoms with van der Waals surface area (Å²) in [5.41, 5.74) is 1.47. The number of halogens is 1. The van der Waals surface area contributed by atoms with Gasteiger partial charge in [0.2, 0.25) is 5.78 Å². The number of hydrogen-bond acceptors (Lipinski definition) is 7. The van der Waals surface area contributed by atoms with Gasteiger partial charge in [-0.05, 0) is 48.4 Å². The number of fused-ring (bicyclic) bond motifs is 1. The maximum Gasteiger partial charge on any atom is 0.342 e. The lowest BCUT2D eigenvalue weighted by Crippen LogP contribution is -2.29. The smallest absolute Gasteiger partial charge is 0.342 e. The number of Topliss-reactive ketones (excluding diaryl/α,β-unsaturated/α-hetero) is 1. The quantitative estimate of drug-likeness (QED) is 0.363. The highest BCUT2D eigenvalue weighted by Crippen LogP contribution is 2.34. The third-order valence-electron chi connectivity index (χ3n) is 5.01. The monoisotopic (exact) mass is 491 g/mol. The molecule has 7 nitrogen and oxygen atoms in total. The molecule has 0 amide bonds. The number of nitrogens with zero attached hydrogens (tertiary/aromatic N) is 1. The molecular formula is C22H18ClNO6S2. The molecule has 2 aromatic carbocycles. The number of sulfonamides is 1. The number of ketones is 1. The molecule has 0 radical (unpaired) electrons. The van der Waals surface area contributed by atoms with Gasteiger partial charge in [0.1, 0.15) is 11.3 Å². The largest absolute Gasteiger partial charge is 0.496 e. The topological polar surface area (TPSA) is 90.0 Å². The molecule has 166 valence electrons. The number of para-hydroxylation sites is 1. The Morgan fingerprint density at radius 1 is 1.12 bits per heavy atom. The molecule has 1 aliphatic heterocycles. The van der Waals surface area contributed by atoms with Crippen molar-refractivity contribution < 1.29 is 27.5 Å². The van der Waals surface area contributed by atoms with Crippen LogP contribution in [-0.2, 0) is 21.2 Å². The van der Waals surface area contributed by atoms with Gasteiger partial charge in [0, 0.05) is 6.54 Å². The van der Waals surface area contributed by atoms with Crippen LogP contribution < -0.4 is 9.04 Å². The summed E-state index contributed by atoms with van der Waals surface area (Å²) in [6.07, 6.45) is 0.606. The second-order valence-electron chi connectivity index (χ2n) is 6.92. The van der Waals surface area contributed by atoms with Crippen LogP contribution in [0.3, 0.4) is 0 Å². The van der Waals surface area contributed by atoms with Gasteiger partial charge >= 0.3 is 5.97 Å². The highest BCUT2D eigenvalue weighted by atomic mass is 35.5. The molecule has 0 fully saturated rings. The summed E-state index contributed by atoms with van der Waals surface area (Å²) >= 11 is 6.91. The lowest BCUT2D eigenvalue weighted by atomic mass is 10.2. The first kappa shape index (κ1) is 22.3. The van der Waals surface area contributed by atoms with E-state index >= 15 is 0 Å². The number of rotatable bonds is 7. The number of thiophene rings is 1. The van der Waals surface area contributed by atoms with Crippen LogP contribution in [-0.4, -0.2) is 40.4 Å². The van der Waals surface area contributed by atoms with E-state index in [1.165, 1.54) is 29.6 Å². The number of anilines is 1. The van der Waals surface area contributed by atoms with Gasteiger partial charge in [-0.1, -0.05) is 29.8 Å². The number of carbonyl (C=O) groups excluding carboxylic acids is 2. The fourth-order valence-electron chi connectivity index (χ4n) is 3.44. The summed E-state index contributed by atoms with van der Waals surface area (Å²) in [6, 6.07) is 14.4. The molecule has 0 saturated carbocycles. The van der Waals surface area contributed by atoms with Crippen LogP contribution in [0.15, 0.2) is 59.5 Å². The van der Waals surface area contributed by atoms with Gasteiger partial charge in [-0.25, -0.2) is 13.2 Å². The van der Waals surface area contributed by atoms with Crippen molar-refractivity contribution in [1.29, 1.82) is 0 Å². The Hall–Kier alpha value is -2.88. The van der Waals surface area contributed by atoms with E-state index in [1.54, 1.807) is 24.3 Å². The van der Waals surface area contributed by atoms with E-state index in [4.69, 9.17) is 21.1 Å². The zero-order chi connectivity index (χ0) is 22.9. The summed E-state index contributed by atoms with van der Waals surface area (Å²) < 4.78 is 38.7. The van der Waals surface area contributed by atoms with Gasteiger partial charge in [0.05, 0.1) is 26.9 Å². The molecule has 32 heavy (non-hydrogen) atoms. The summed E-state index contributed by atoms with van der Waals surface area (Å²) in [7, 11) is -2.56. The minimum Gasteiger partial charge on any atom is -0.496 e. The lowest BCUT2D eigenvalue weighted by Gasteiger charge is -2.20. The van der Waals surface area contributed by atoms with Crippen molar-refractivity contribution in [3.8, 4) is 5.75 Å². The number of esters is 1. The van der Waals surface area contributed by atoms with Crippen molar-refractivity contribution in [2.75, 3.05) is 24.6 Å². The highest BCUT2D eigenvalue weighted by molar-refractivity contribution is 7.92. The Balaban J connectivity index is 1.58. The molecule has 0 unspecified atom stereocenters. The standard InChI is InChI=1S/C22H18ClNO6S2/c1-29-19-7-6-15(32(27,28)24-11-10-14-4-2-3-5-17(14)24)12-16(19)22(26)30-13-18(25)20-8-9-21(23)31-20/h2-9,12H,10-11,13H2,1H3. The maximum absolute atomic E-state index is 13.3. The first-order valence-corrected chi connectivity index (χ1v) is 12.2. The average molecular weight is 492 g/mol. The molecule has 2 heterocycles. The van der Waals surface area contributed by atoms with Gasteiger partial charge in [0.15, 0.2) is 6.61 Å². The second-order valence-corrected chi connectivity index (χ2v) is 10.5. The normalized spacial score (nSPS) is 13.0. The molecular weight excluding hydrogens is 474 g/mol. The number of methoxy groups -OCH3 is 1. The summed E-state index contributed by atoms with van der Waals surface area (Å²) in [6.45, 7) is -0.194. The number of benzene rings is 2. The molecule has 0 aliphatic carbocycles. The Labute approximate surface area is 194 Å². The van der Waals surface area contributed by atoms with Crippen LogP contribution in [0.5, 0.6) is 5.75 Å². The third kappa shape index (κ3) is 4.23. The van der Waals surface area contributed by atoms with E-state index in [9.17, 15) is 18.0 Å². The highest BCUT2D eigenvalue weighted by Gasteiger charge is 2.32. The van der Waals surface area contributed by atoms with Crippen LogP contribution in [0.4, 0.5) is 5.69 Å². The molecule has 3 aromatic rings. The van der Waals surface area contributed by atoms with E-state index in [0.717, 1.165) is 16.9 Å². The number of carbonyl (C=O) groups is 2. The predicted molar refractivity (Wildman–Crippen MR) is 122 cm³/mol. The molecule has 10 heteroatoms. The van der Waals surface area contributed by atoms with Crippen molar-refractivity contribution >= 4 is 50.4 Å². The van der Waals surface area contributed by atoms with Crippen molar-refractivity contribution in [3.63, 3.8) is 0 Å². The van der Waals surface area contributed by atoms with Crippen LogP contribution in [0.25, 0.3) is 0 Å². The van der Waals surface area contributed by atoms with Crippen molar-refractivity contribution in [2.24, 2.45) is 0 Å². The fourth-order valence-corrected chi connectivity index (χ4v) is 5.93. The van der Waals surface area contributed by atoms with Crippen molar-refractivity contribution in [2.45, 2.75) is 11.3 Å². The molecule has 0 N–H and O–H groups in total. The zero-order valence-electron chi connectivity index (χ0n) is 16.9. The Morgan fingerprint density at radius 3 is 2.62 bits per heavy atom. The SMILES string of the molecule is COc1ccc(S(=O)(=O)N2CCc3ccccc32)cc1C(=O)OCC(=O)c1ccc(Cl)s1. The van der Waals surface area contributed by atoms with E-state index in [0.29, 0.717) is 27.9 Å². The minimum absolute atomic E-state index is 0.0710. The van der Waals surface area contributed by atoms with Crippen molar-refractivity contribution in [1.82, 2.24) is 0 Å². The van der Waals surface area contributed by atoms with E-state index in [2.05, 4.69) is 0 Å². The van der Waals surface area contributed by atoms with Gasteiger partial charge in [-0.2, -0.15) is 0 Å². The number of ether oxygens (including phenoxy) is 2. The molecule has 1 aliphatic rings. The molecule has 0 atom stereocenters. The molecule has 1 aromatic heterocycles. The molecule has 0 saturated heterocycles.